The fourth-order valence-corrected chi connectivity index (χ4v) is 8.48. The van der Waals surface area contributed by atoms with Crippen LogP contribution in [0.25, 0.3) is 10.4 Å². The Morgan fingerprint density at radius 3 is 2.58 bits per heavy atom. The molecule has 0 saturated carbocycles. The maximum atomic E-state index is 14.6. The van der Waals surface area contributed by atoms with Crippen molar-refractivity contribution in [2.24, 2.45) is 11.0 Å². The van der Waals surface area contributed by atoms with Crippen molar-refractivity contribution in [1.29, 1.82) is 0 Å². The summed E-state index contributed by atoms with van der Waals surface area (Å²) >= 11 is 0. The summed E-state index contributed by atoms with van der Waals surface area (Å²) in [7, 11) is -0.632. The molecule has 0 aliphatic carbocycles. The predicted molar refractivity (Wildman–Crippen MR) is 202 cm³/mol. The minimum atomic E-state index is -4.01. The van der Waals surface area contributed by atoms with E-state index < -0.39 is 21.4 Å². The maximum absolute atomic E-state index is 14.6. The third-order valence-electron chi connectivity index (χ3n) is 9.69. The van der Waals surface area contributed by atoms with Crippen LogP contribution in [0.15, 0.2) is 76.7 Å². The zero-order chi connectivity index (χ0) is 36.9. The number of piperidine rings is 1. The molecule has 0 aromatic heterocycles. The van der Waals surface area contributed by atoms with Crippen molar-refractivity contribution >= 4 is 15.5 Å². The summed E-state index contributed by atoms with van der Waals surface area (Å²) in [4.78, 5) is 5.35. The molecule has 1 saturated heterocycles. The van der Waals surface area contributed by atoms with Crippen molar-refractivity contribution in [3.63, 3.8) is 0 Å². The largest absolute Gasteiger partial charge is 0.490 e. The molecule has 3 aromatic carbocycles. The monoisotopic (exact) mass is 735 g/mol. The first kappa shape index (κ1) is 39.5. The van der Waals surface area contributed by atoms with Crippen LogP contribution in [-0.4, -0.2) is 87.4 Å². The van der Waals surface area contributed by atoms with Gasteiger partial charge in [-0.1, -0.05) is 60.1 Å². The molecule has 0 spiro atoms. The van der Waals surface area contributed by atoms with Crippen molar-refractivity contribution in [1.82, 2.24) is 5.32 Å². The minimum absolute atomic E-state index is 0.0642. The number of anilines is 1. The van der Waals surface area contributed by atoms with E-state index in [4.69, 9.17) is 29.2 Å². The van der Waals surface area contributed by atoms with Gasteiger partial charge in [0.1, 0.15) is 12.4 Å². The third-order valence-corrected chi connectivity index (χ3v) is 11.6. The second-order valence-electron chi connectivity index (χ2n) is 13.8. The molecule has 13 heteroatoms. The van der Waals surface area contributed by atoms with Crippen LogP contribution < -0.4 is 15.0 Å². The van der Waals surface area contributed by atoms with E-state index in [0.717, 1.165) is 41.1 Å². The van der Waals surface area contributed by atoms with Gasteiger partial charge in [-0.25, -0.2) is 8.42 Å². The number of fused-ring (bicyclic) bond motifs is 1. The number of sulfone groups is 1. The van der Waals surface area contributed by atoms with E-state index in [1.165, 1.54) is 0 Å². The second kappa shape index (κ2) is 19.4. The van der Waals surface area contributed by atoms with E-state index in [0.29, 0.717) is 77.0 Å². The summed E-state index contributed by atoms with van der Waals surface area (Å²) in [6.07, 6.45) is 1.69. The summed E-state index contributed by atoms with van der Waals surface area (Å²) in [5.74, 6) is 0.886. The SMILES string of the molecule is COCCCN1CCOc2ccc(C(O[C@H]3CN[C@@H](CCN=[N+]=[N-])C[C@@H]3c3ccc(COC[C@@H](C)COC)cc3)S(=O)(=O)c3ccc(C)cc3)cc21. The molecule has 2 aliphatic rings. The predicted octanol–water partition coefficient (Wildman–Crippen LogP) is 6.73. The quantitative estimate of drug-likeness (QED) is 0.0613. The average Bonchev–Trinajstić information content (AvgIpc) is 3.15. The number of azide groups is 1. The first-order valence-corrected chi connectivity index (χ1v) is 19.6. The van der Waals surface area contributed by atoms with E-state index in [-0.39, 0.29) is 16.9 Å². The fraction of sp³-hybridized carbons (Fsp3) is 0.538. The number of methoxy groups -OCH3 is 2. The standard InChI is InChI=1S/C39H53N5O7S/c1-28-6-13-34(14-7-28)52(45,46)39(32-12-15-37-36(22-32)44(19-21-50-37)18-5-20-47-3)51-38-24-41-33(16-17-42-43-40)23-35(38)31-10-8-30(9-11-31)27-49-26-29(2)25-48-4/h6-15,22,29,33,35,38-39,41H,5,16-21,23-27H2,1-4H3/t29-,33-,35+,38-,39?/m0/s1. The first-order valence-electron chi connectivity index (χ1n) is 18.1. The first-order chi connectivity index (χ1) is 25.2. The lowest BCUT2D eigenvalue weighted by molar-refractivity contribution is -0.00649. The van der Waals surface area contributed by atoms with E-state index in [9.17, 15) is 8.42 Å². The van der Waals surface area contributed by atoms with Crippen LogP contribution in [0.1, 0.15) is 59.8 Å². The van der Waals surface area contributed by atoms with Gasteiger partial charge >= 0.3 is 0 Å². The summed E-state index contributed by atoms with van der Waals surface area (Å²) in [5, 5.41) is 7.31. The molecular weight excluding hydrogens is 683 g/mol. The summed E-state index contributed by atoms with van der Waals surface area (Å²) in [6, 6.07) is 20.9. The number of nitrogens with zero attached hydrogens (tertiary/aromatic N) is 4. The molecule has 0 bridgehead atoms. The molecule has 1 N–H and O–H groups in total. The summed E-state index contributed by atoms with van der Waals surface area (Å²) in [6.45, 7) is 9.16. The van der Waals surface area contributed by atoms with E-state index in [1.807, 2.05) is 37.3 Å². The van der Waals surface area contributed by atoms with Crippen LogP contribution in [-0.2, 0) is 35.4 Å². The van der Waals surface area contributed by atoms with Crippen LogP contribution >= 0.6 is 0 Å². The van der Waals surface area contributed by atoms with Gasteiger partial charge in [-0.05, 0) is 72.7 Å². The lowest BCUT2D eigenvalue weighted by atomic mass is 9.83. The molecule has 1 fully saturated rings. The minimum Gasteiger partial charge on any atom is -0.490 e. The molecule has 52 heavy (non-hydrogen) atoms. The maximum Gasteiger partial charge on any atom is 0.209 e. The summed E-state index contributed by atoms with van der Waals surface area (Å²) < 4.78 is 58.6. The molecule has 2 heterocycles. The fourth-order valence-electron chi connectivity index (χ4n) is 6.92. The van der Waals surface area contributed by atoms with E-state index >= 15 is 0 Å². The molecule has 282 valence electrons. The van der Waals surface area contributed by atoms with Crippen molar-refractivity contribution in [2.75, 3.05) is 71.7 Å². The molecule has 3 aromatic rings. The Morgan fingerprint density at radius 1 is 1.06 bits per heavy atom. The number of hydrogen-bond acceptors (Lipinski definition) is 10. The Bertz CT molecular complexity index is 1720. The number of nitrogens with one attached hydrogen (secondary N) is 1. The van der Waals surface area contributed by atoms with Gasteiger partial charge in [-0.2, -0.15) is 0 Å². The average molecular weight is 736 g/mol. The van der Waals surface area contributed by atoms with Crippen molar-refractivity contribution in [3.05, 3.63) is 99.4 Å². The normalized spacial score (nSPS) is 20.0. The third kappa shape index (κ3) is 10.5. The Morgan fingerprint density at radius 2 is 1.85 bits per heavy atom. The van der Waals surface area contributed by atoms with Gasteiger partial charge in [0.15, 0.2) is 5.44 Å². The van der Waals surface area contributed by atoms with Crippen LogP contribution in [0.5, 0.6) is 5.75 Å². The van der Waals surface area contributed by atoms with Crippen molar-refractivity contribution in [3.8, 4) is 5.75 Å². The Kier molecular flexibility index (Phi) is 14.8. The van der Waals surface area contributed by atoms with E-state index in [2.05, 4.69) is 51.4 Å². The topological polar surface area (TPSA) is 144 Å². The molecule has 0 amide bonds. The van der Waals surface area contributed by atoms with Crippen molar-refractivity contribution in [2.45, 2.75) is 68.1 Å². The van der Waals surface area contributed by atoms with Crippen LogP contribution in [0, 0.1) is 12.8 Å². The Hall–Kier alpha value is -3.68. The molecule has 0 radical (unpaired) electrons. The highest BCUT2D eigenvalue weighted by Gasteiger charge is 2.39. The van der Waals surface area contributed by atoms with Gasteiger partial charge in [0.2, 0.25) is 9.84 Å². The van der Waals surface area contributed by atoms with Crippen molar-refractivity contribution < 1.29 is 32.1 Å². The summed E-state index contributed by atoms with van der Waals surface area (Å²) in [5.41, 5.74) is 12.1. The van der Waals surface area contributed by atoms with Gasteiger partial charge in [-0.3, -0.25) is 0 Å². The molecule has 1 unspecified atom stereocenters. The van der Waals surface area contributed by atoms with Crippen LogP contribution in [0.2, 0.25) is 0 Å². The number of rotatable bonds is 19. The van der Waals surface area contributed by atoms with Gasteiger partial charge in [0.05, 0.1) is 43.1 Å². The highest BCUT2D eigenvalue weighted by Crippen LogP contribution is 2.41. The molecule has 12 nitrogen and oxygen atoms in total. The number of aryl methyl sites for hydroxylation is 1. The van der Waals surface area contributed by atoms with Gasteiger partial charge in [-0.15, -0.1) is 0 Å². The smallest absolute Gasteiger partial charge is 0.209 e. The molecule has 5 atom stereocenters. The molecular formula is C39H53N5O7S. The van der Waals surface area contributed by atoms with Gasteiger partial charge < -0.3 is 33.9 Å². The highest BCUT2D eigenvalue weighted by atomic mass is 32.2. The highest BCUT2D eigenvalue weighted by molar-refractivity contribution is 7.91. The zero-order valence-corrected chi connectivity index (χ0v) is 31.6. The molecule has 2 aliphatic heterocycles. The lowest BCUT2D eigenvalue weighted by Crippen LogP contribution is -2.48. The molecule has 5 rings (SSSR count). The zero-order valence-electron chi connectivity index (χ0n) is 30.8. The Balaban J connectivity index is 1.47. The lowest BCUT2D eigenvalue weighted by Gasteiger charge is -2.39. The van der Waals surface area contributed by atoms with Crippen LogP contribution in [0.4, 0.5) is 5.69 Å². The number of benzene rings is 3. The second-order valence-corrected chi connectivity index (χ2v) is 15.8. The van der Waals surface area contributed by atoms with E-state index in [1.54, 1.807) is 26.4 Å². The Labute approximate surface area is 308 Å². The van der Waals surface area contributed by atoms with Gasteiger partial charge in [0, 0.05) is 63.3 Å². The number of ether oxygens (including phenoxy) is 5. The number of hydrogen-bond donors (Lipinski definition) is 1. The van der Waals surface area contributed by atoms with Crippen LogP contribution in [0.3, 0.4) is 0 Å². The van der Waals surface area contributed by atoms with Gasteiger partial charge in [0.25, 0.3) is 0 Å².